The third kappa shape index (κ3) is 6.55. The lowest BCUT2D eigenvalue weighted by molar-refractivity contribution is 0.276. The van der Waals surface area contributed by atoms with Crippen molar-refractivity contribution in [1.82, 2.24) is 10.3 Å². The number of nitrogens with zero attached hydrogens (tertiary/aromatic N) is 1. The lowest BCUT2D eigenvalue weighted by Gasteiger charge is -2.15. The highest BCUT2D eigenvalue weighted by Gasteiger charge is 2.10. The van der Waals surface area contributed by atoms with E-state index in [1.807, 2.05) is 37.3 Å². The number of ether oxygens (including phenoxy) is 3. The van der Waals surface area contributed by atoms with Gasteiger partial charge in [0.15, 0.2) is 11.5 Å². The Hall–Kier alpha value is -1.79. The van der Waals surface area contributed by atoms with Crippen molar-refractivity contribution in [1.29, 1.82) is 0 Å². The predicted molar refractivity (Wildman–Crippen MR) is 103 cm³/mol. The van der Waals surface area contributed by atoms with Crippen LogP contribution in [0.3, 0.4) is 0 Å². The van der Waals surface area contributed by atoms with E-state index in [1.165, 1.54) is 0 Å². The van der Waals surface area contributed by atoms with Gasteiger partial charge in [0.2, 0.25) is 5.88 Å². The minimum Gasteiger partial charge on any atom is -0.490 e. The molecule has 2 rings (SSSR count). The van der Waals surface area contributed by atoms with E-state index in [4.69, 9.17) is 14.2 Å². The third-order valence-corrected chi connectivity index (χ3v) is 4.09. The van der Waals surface area contributed by atoms with E-state index >= 15 is 0 Å². The quantitative estimate of drug-likeness (QED) is 0.564. The Bertz CT molecular complexity index is 638. The second-order valence-electron chi connectivity index (χ2n) is 5.37. The molecule has 25 heavy (non-hydrogen) atoms. The van der Waals surface area contributed by atoms with Crippen molar-refractivity contribution >= 4 is 15.9 Å². The zero-order valence-corrected chi connectivity index (χ0v) is 16.3. The summed E-state index contributed by atoms with van der Waals surface area (Å²) in [5.41, 5.74) is 1.12. The number of rotatable bonds is 11. The molecule has 0 amide bonds. The summed E-state index contributed by atoms with van der Waals surface area (Å²) in [5, 5.41) is 3.37. The van der Waals surface area contributed by atoms with Gasteiger partial charge in [-0.3, -0.25) is 0 Å². The van der Waals surface area contributed by atoms with E-state index in [1.54, 1.807) is 6.20 Å². The van der Waals surface area contributed by atoms with Crippen LogP contribution in [0.2, 0.25) is 0 Å². The summed E-state index contributed by atoms with van der Waals surface area (Å²) in [7, 11) is 0. The maximum absolute atomic E-state index is 5.76. The zero-order chi connectivity index (χ0) is 17.9. The monoisotopic (exact) mass is 408 g/mol. The Labute approximate surface area is 157 Å². The largest absolute Gasteiger partial charge is 0.490 e. The molecule has 0 aliphatic carbocycles. The molecule has 136 valence electrons. The molecule has 1 N–H and O–H groups in total. The van der Waals surface area contributed by atoms with Crippen LogP contribution in [0.25, 0.3) is 0 Å². The van der Waals surface area contributed by atoms with Gasteiger partial charge < -0.3 is 19.5 Å². The number of benzene rings is 1. The van der Waals surface area contributed by atoms with Crippen molar-refractivity contribution in [3.05, 3.63) is 46.6 Å². The minimum absolute atomic E-state index is 0.560. The topological polar surface area (TPSA) is 52.6 Å². The first-order chi connectivity index (χ1) is 12.2. The van der Waals surface area contributed by atoms with Crippen LogP contribution in [-0.4, -0.2) is 31.3 Å². The number of hydrogen-bond acceptors (Lipinski definition) is 5. The first kappa shape index (κ1) is 19.5. The average molecular weight is 409 g/mol. The first-order valence-electron chi connectivity index (χ1n) is 8.57. The maximum atomic E-state index is 5.76. The van der Waals surface area contributed by atoms with Crippen molar-refractivity contribution in [3.8, 4) is 17.4 Å². The number of pyridine rings is 1. The fourth-order valence-electron chi connectivity index (χ4n) is 2.19. The van der Waals surface area contributed by atoms with Gasteiger partial charge in [-0.25, -0.2) is 4.98 Å². The average Bonchev–Trinajstić information content (AvgIpc) is 2.63. The zero-order valence-electron chi connectivity index (χ0n) is 14.8. The van der Waals surface area contributed by atoms with Crippen molar-refractivity contribution in [3.63, 3.8) is 0 Å². The standard InChI is InChI=1S/C19H25BrN2O3/c1-3-10-24-18-13-16(20)15(12-17(18)23-4-2)14-21-9-11-25-19-7-5-6-8-22-19/h5-8,12-13,21H,3-4,9-11,14H2,1-2H3. The molecule has 0 bridgehead atoms. The first-order valence-corrected chi connectivity index (χ1v) is 9.36. The summed E-state index contributed by atoms with van der Waals surface area (Å²) in [5.74, 6) is 2.19. The fourth-order valence-corrected chi connectivity index (χ4v) is 2.65. The summed E-state index contributed by atoms with van der Waals surface area (Å²) in [6.45, 7) is 7.33. The highest BCUT2D eigenvalue weighted by atomic mass is 79.9. The minimum atomic E-state index is 0.560. The normalized spacial score (nSPS) is 10.5. The maximum Gasteiger partial charge on any atom is 0.213 e. The molecule has 0 aliphatic heterocycles. The van der Waals surface area contributed by atoms with E-state index in [0.717, 1.165) is 34.5 Å². The summed E-state index contributed by atoms with van der Waals surface area (Å²) in [6.07, 6.45) is 2.68. The number of halogens is 1. The van der Waals surface area contributed by atoms with Gasteiger partial charge in [0.25, 0.3) is 0 Å². The van der Waals surface area contributed by atoms with Crippen molar-refractivity contribution in [2.75, 3.05) is 26.4 Å². The van der Waals surface area contributed by atoms with Crippen LogP contribution in [0.4, 0.5) is 0 Å². The second kappa shape index (κ2) is 10.9. The lowest BCUT2D eigenvalue weighted by atomic mass is 10.2. The second-order valence-corrected chi connectivity index (χ2v) is 6.22. The third-order valence-electron chi connectivity index (χ3n) is 3.36. The van der Waals surface area contributed by atoms with Crippen LogP contribution in [0.15, 0.2) is 41.0 Å². The Morgan fingerprint density at radius 1 is 1.04 bits per heavy atom. The molecule has 0 atom stereocenters. The van der Waals surface area contributed by atoms with Gasteiger partial charge in [0, 0.05) is 29.8 Å². The molecular weight excluding hydrogens is 384 g/mol. The molecule has 0 unspecified atom stereocenters. The Morgan fingerprint density at radius 3 is 2.60 bits per heavy atom. The number of nitrogens with one attached hydrogen (secondary N) is 1. The Kier molecular flexibility index (Phi) is 8.55. The number of aromatic nitrogens is 1. The lowest BCUT2D eigenvalue weighted by Crippen LogP contribution is -2.21. The van der Waals surface area contributed by atoms with Gasteiger partial charge in [-0.15, -0.1) is 0 Å². The summed E-state index contributed by atoms with van der Waals surface area (Å²) in [6, 6.07) is 9.62. The van der Waals surface area contributed by atoms with E-state index in [2.05, 4.69) is 33.2 Å². The predicted octanol–water partition coefficient (Wildman–Crippen LogP) is 4.20. The highest BCUT2D eigenvalue weighted by Crippen LogP contribution is 2.34. The van der Waals surface area contributed by atoms with Crippen LogP contribution < -0.4 is 19.5 Å². The van der Waals surface area contributed by atoms with Crippen molar-refractivity contribution in [2.24, 2.45) is 0 Å². The Balaban J connectivity index is 1.86. The van der Waals surface area contributed by atoms with Crippen LogP contribution in [-0.2, 0) is 6.54 Å². The molecule has 1 aromatic heterocycles. The molecule has 6 heteroatoms. The van der Waals surface area contributed by atoms with Gasteiger partial charge in [-0.05, 0) is 37.1 Å². The van der Waals surface area contributed by atoms with Crippen LogP contribution in [0.5, 0.6) is 17.4 Å². The van der Waals surface area contributed by atoms with Gasteiger partial charge in [0.05, 0.1) is 13.2 Å². The molecule has 2 aromatic rings. The van der Waals surface area contributed by atoms with E-state index in [9.17, 15) is 0 Å². The fraction of sp³-hybridized carbons (Fsp3) is 0.421. The smallest absolute Gasteiger partial charge is 0.213 e. The SMILES string of the molecule is CCCOc1cc(Br)c(CNCCOc2ccccn2)cc1OCC. The van der Waals surface area contributed by atoms with Crippen LogP contribution in [0.1, 0.15) is 25.8 Å². The highest BCUT2D eigenvalue weighted by molar-refractivity contribution is 9.10. The van der Waals surface area contributed by atoms with Gasteiger partial charge in [0.1, 0.15) is 6.61 Å². The molecule has 0 spiro atoms. The Morgan fingerprint density at radius 2 is 1.88 bits per heavy atom. The number of hydrogen-bond donors (Lipinski definition) is 1. The molecule has 0 radical (unpaired) electrons. The molecule has 5 nitrogen and oxygen atoms in total. The van der Waals surface area contributed by atoms with Crippen molar-refractivity contribution in [2.45, 2.75) is 26.8 Å². The van der Waals surface area contributed by atoms with E-state index in [-0.39, 0.29) is 0 Å². The molecule has 0 saturated heterocycles. The molecule has 0 aliphatic rings. The molecular formula is C19H25BrN2O3. The molecule has 1 heterocycles. The van der Waals surface area contributed by atoms with E-state index in [0.29, 0.717) is 32.2 Å². The molecule has 0 fully saturated rings. The van der Waals surface area contributed by atoms with Gasteiger partial charge >= 0.3 is 0 Å². The summed E-state index contributed by atoms with van der Waals surface area (Å²) in [4.78, 5) is 4.13. The van der Waals surface area contributed by atoms with Crippen LogP contribution in [0, 0.1) is 0 Å². The molecule has 0 saturated carbocycles. The van der Waals surface area contributed by atoms with Gasteiger partial charge in [-0.1, -0.05) is 28.9 Å². The van der Waals surface area contributed by atoms with Gasteiger partial charge in [-0.2, -0.15) is 0 Å². The van der Waals surface area contributed by atoms with Crippen LogP contribution >= 0.6 is 15.9 Å². The summed E-state index contributed by atoms with van der Waals surface area (Å²) < 4.78 is 18.0. The van der Waals surface area contributed by atoms with Crippen molar-refractivity contribution < 1.29 is 14.2 Å². The van der Waals surface area contributed by atoms with E-state index < -0.39 is 0 Å². The molecule has 1 aromatic carbocycles. The summed E-state index contributed by atoms with van der Waals surface area (Å²) >= 11 is 3.61.